The molecule has 108 valence electrons. The molecular weight excluding hydrogens is 276 g/mol. The van der Waals surface area contributed by atoms with E-state index in [1.165, 1.54) is 12.5 Å². The summed E-state index contributed by atoms with van der Waals surface area (Å²) in [5.41, 5.74) is 0.308. The van der Waals surface area contributed by atoms with E-state index in [1.807, 2.05) is 4.90 Å². The molecule has 0 bridgehead atoms. The van der Waals surface area contributed by atoms with Gasteiger partial charge in [0, 0.05) is 23.7 Å². The van der Waals surface area contributed by atoms with E-state index in [2.05, 4.69) is 5.32 Å². The van der Waals surface area contributed by atoms with Crippen molar-refractivity contribution >= 4 is 17.5 Å². The van der Waals surface area contributed by atoms with Crippen LogP contribution in [0.25, 0.3) is 0 Å². The Morgan fingerprint density at radius 1 is 1.40 bits per heavy atom. The molecule has 1 aliphatic heterocycles. The minimum Gasteiger partial charge on any atom is -0.507 e. The second-order valence-corrected chi connectivity index (χ2v) is 6.08. The van der Waals surface area contributed by atoms with Crippen molar-refractivity contribution in [3.63, 3.8) is 0 Å². The highest BCUT2D eigenvalue weighted by Gasteiger charge is 2.35. The summed E-state index contributed by atoms with van der Waals surface area (Å²) in [7, 11) is 0. The average Bonchev–Trinajstić information content (AvgIpc) is 3.15. The number of aromatic hydroxyl groups is 1. The van der Waals surface area contributed by atoms with Gasteiger partial charge >= 0.3 is 0 Å². The predicted molar refractivity (Wildman–Crippen MR) is 78.2 cm³/mol. The number of carbonyl (C=O) groups is 1. The number of carbonyl (C=O) groups excluding carboxylic acids is 1. The summed E-state index contributed by atoms with van der Waals surface area (Å²) in [5, 5.41) is 13.8. The summed E-state index contributed by atoms with van der Waals surface area (Å²) in [6.07, 6.45) is 4.39. The molecule has 1 aromatic rings. The third kappa shape index (κ3) is 2.91. The first-order valence-electron chi connectivity index (χ1n) is 7.18. The van der Waals surface area contributed by atoms with Gasteiger partial charge in [0.05, 0.1) is 5.56 Å². The van der Waals surface area contributed by atoms with E-state index in [1.54, 1.807) is 12.1 Å². The molecule has 20 heavy (non-hydrogen) atoms. The van der Waals surface area contributed by atoms with Gasteiger partial charge in [0.25, 0.3) is 5.91 Å². The number of hydrogen-bond acceptors (Lipinski definition) is 3. The van der Waals surface area contributed by atoms with E-state index in [0.29, 0.717) is 22.7 Å². The lowest BCUT2D eigenvalue weighted by atomic mass is 10.1. The molecule has 4 nitrogen and oxygen atoms in total. The molecule has 0 spiro atoms. The number of nitrogens with one attached hydrogen (secondary N) is 1. The van der Waals surface area contributed by atoms with Crippen molar-refractivity contribution in [2.75, 3.05) is 13.1 Å². The Morgan fingerprint density at radius 2 is 2.20 bits per heavy atom. The van der Waals surface area contributed by atoms with Gasteiger partial charge in [-0.2, -0.15) is 0 Å². The van der Waals surface area contributed by atoms with Crippen LogP contribution in [0.5, 0.6) is 5.75 Å². The monoisotopic (exact) mass is 294 g/mol. The van der Waals surface area contributed by atoms with Crippen LogP contribution in [0.15, 0.2) is 18.2 Å². The Balaban J connectivity index is 1.79. The SMILES string of the molecule is O=C(c1cc(Cl)ccc1O)N(CC1CCCN1)C1CC1. The fraction of sp³-hybridized carbons (Fsp3) is 0.533. The Kier molecular flexibility index (Phi) is 3.85. The Morgan fingerprint density at radius 3 is 2.85 bits per heavy atom. The molecule has 0 aromatic heterocycles. The molecule has 1 heterocycles. The number of hydrogen-bond donors (Lipinski definition) is 2. The van der Waals surface area contributed by atoms with Crippen molar-refractivity contribution in [3.8, 4) is 5.75 Å². The highest BCUT2D eigenvalue weighted by molar-refractivity contribution is 6.31. The normalized spacial score (nSPS) is 21.9. The van der Waals surface area contributed by atoms with Crippen LogP contribution >= 0.6 is 11.6 Å². The highest BCUT2D eigenvalue weighted by Crippen LogP contribution is 2.31. The molecule has 1 aliphatic carbocycles. The Labute approximate surface area is 123 Å². The molecule has 1 aromatic carbocycles. The van der Waals surface area contributed by atoms with Crippen molar-refractivity contribution in [1.29, 1.82) is 0 Å². The molecule has 1 saturated heterocycles. The average molecular weight is 295 g/mol. The maximum absolute atomic E-state index is 12.7. The van der Waals surface area contributed by atoms with Crippen LogP contribution in [0, 0.1) is 0 Å². The van der Waals surface area contributed by atoms with E-state index < -0.39 is 0 Å². The number of halogens is 1. The van der Waals surface area contributed by atoms with Gasteiger partial charge in [0.1, 0.15) is 5.75 Å². The fourth-order valence-corrected chi connectivity index (χ4v) is 2.94. The lowest BCUT2D eigenvalue weighted by Gasteiger charge is -2.26. The largest absolute Gasteiger partial charge is 0.507 e. The first-order valence-corrected chi connectivity index (χ1v) is 7.56. The Hall–Kier alpha value is -1.26. The summed E-state index contributed by atoms with van der Waals surface area (Å²) in [4.78, 5) is 14.6. The van der Waals surface area contributed by atoms with Crippen LogP contribution in [0.3, 0.4) is 0 Å². The number of phenols is 1. The van der Waals surface area contributed by atoms with Crippen molar-refractivity contribution in [2.45, 2.75) is 37.8 Å². The lowest BCUT2D eigenvalue weighted by Crippen LogP contribution is -2.42. The maximum atomic E-state index is 12.7. The van der Waals surface area contributed by atoms with E-state index in [4.69, 9.17) is 11.6 Å². The topological polar surface area (TPSA) is 52.6 Å². The molecule has 5 heteroatoms. The second kappa shape index (κ2) is 5.62. The fourth-order valence-electron chi connectivity index (χ4n) is 2.77. The van der Waals surface area contributed by atoms with E-state index >= 15 is 0 Å². The zero-order chi connectivity index (χ0) is 14.1. The van der Waals surface area contributed by atoms with Crippen LogP contribution in [0.4, 0.5) is 0 Å². The molecule has 1 atom stereocenters. The molecule has 2 aliphatic rings. The van der Waals surface area contributed by atoms with Crippen LogP contribution in [-0.4, -0.2) is 41.1 Å². The molecule has 1 unspecified atom stereocenters. The van der Waals surface area contributed by atoms with Crippen molar-refractivity contribution in [1.82, 2.24) is 10.2 Å². The van der Waals surface area contributed by atoms with Crippen LogP contribution in [-0.2, 0) is 0 Å². The molecule has 3 rings (SSSR count). The van der Waals surface area contributed by atoms with Gasteiger partial charge in [0.15, 0.2) is 0 Å². The molecule has 2 N–H and O–H groups in total. The van der Waals surface area contributed by atoms with Crippen molar-refractivity contribution < 1.29 is 9.90 Å². The first kappa shape index (κ1) is 13.7. The highest BCUT2D eigenvalue weighted by atomic mass is 35.5. The van der Waals surface area contributed by atoms with Gasteiger partial charge in [-0.05, 0) is 50.4 Å². The summed E-state index contributed by atoms with van der Waals surface area (Å²) in [5.74, 6) is -0.106. The molecular formula is C15H19ClN2O2. The minimum atomic E-state index is -0.110. The number of benzene rings is 1. The zero-order valence-electron chi connectivity index (χ0n) is 11.3. The third-order valence-corrected chi connectivity index (χ3v) is 4.25. The maximum Gasteiger partial charge on any atom is 0.257 e. The van der Waals surface area contributed by atoms with E-state index in [0.717, 1.165) is 32.4 Å². The molecule has 1 saturated carbocycles. The van der Waals surface area contributed by atoms with E-state index in [-0.39, 0.29) is 11.7 Å². The van der Waals surface area contributed by atoms with Crippen LogP contribution < -0.4 is 5.32 Å². The van der Waals surface area contributed by atoms with Gasteiger partial charge in [-0.3, -0.25) is 4.79 Å². The van der Waals surface area contributed by atoms with Crippen molar-refractivity contribution in [3.05, 3.63) is 28.8 Å². The zero-order valence-corrected chi connectivity index (χ0v) is 12.1. The molecule has 0 radical (unpaired) electrons. The first-order chi connectivity index (χ1) is 9.65. The predicted octanol–water partition coefficient (Wildman–Crippen LogP) is 2.40. The van der Waals surface area contributed by atoms with Crippen molar-refractivity contribution in [2.24, 2.45) is 0 Å². The quantitative estimate of drug-likeness (QED) is 0.896. The van der Waals surface area contributed by atoms with Gasteiger partial charge in [-0.15, -0.1) is 0 Å². The number of nitrogens with zero attached hydrogens (tertiary/aromatic N) is 1. The summed E-state index contributed by atoms with van der Waals surface area (Å²) >= 11 is 5.94. The third-order valence-electron chi connectivity index (χ3n) is 4.02. The van der Waals surface area contributed by atoms with E-state index in [9.17, 15) is 9.90 Å². The van der Waals surface area contributed by atoms with Gasteiger partial charge in [-0.25, -0.2) is 0 Å². The van der Waals surface area contributed by atoms with Gasteiger partial charge in [-0.1, -0.05) is 11.6 Å². The standard InChI is InChI=1S/C15H19ClN2O2/c16-10-3-6-14(19)13(8-10)15(20)18(12-4-5-12)9-11-2-1-7-17-11/h3,6,8,11-12,17,19H,1-2,4-5,7,9H2. The van der Waals surface area contributed by atoms with Crippen LogP contribution in [0.2, 0.25) is 5.02 Å². The number of rotatable bonds is 4. The number of phenolic OH excluding ortho intramolecular Hbond substituents is 1. The molecule has 1 amide bonds. The second-order valence-electron chi connectivity index (χ2n) is 5.64. The lowest BCUT2D eigenvalue weighted by molar-refractivity contribution is 0.0725. The summed E-state index contributed by atoms with van der Waals surface area (Å²) < 4.78 is 0. The summed E-state index contributed by atoms with van der Waals surface area (Å²) in [6.45, 7) is 1.75. The summed E-state index contributed by atoms with van der Waals surface area (Å²) in [6, 6.07) is 5.32. The minimum absolute atomic E-state index is 0.00410. The Bertz CT molecular complexity index is 511. The van der Waals surface area contributed by atoms with Gasteiger partial charge in [0.2, 0.25) is 0 Å². The smallest absolute Gasteiger partial charge is 0.257 e. The van der Waals surface area contributed by atoms with Crippen LogP contribution in [0.1, 0.15) is 36.0 Å². The number of amides is 1. The molecule has 2 fully saturated rings. The van der Waals surface area contributed by atoms with Gasteiger partial charge < -0.3 is 15.3 Å².